The second-order valence-corrected chi connectivity index (χ2v) is 5.35. The lowest BCUT2D eigenvalue weighted by atomic mass is 10.2. The molecular weight excluding hydrogens is 256 g/mol. The smallest absolute Gasteiger partial charge is 0.0470 e. The first-order valence-electron chi connectivity index (χ1n) is 6.69. The Morgan fingerprint density at radius 1 is 1.16 bits per heavy atom. The van der Waals surface area contributed by atoms with E-state index in [1.807, 2.05) is 13.0 Å². The molecule has 2 aromatic rings. The zero-order chi connectivity index (χ0) is 14.0. The van der Waals surface area contributed by atoms with Crippen LogP contribution >= 0.6 is 11.6 Å². The number of benzene rings is 1. The van der Waals surface area contributed by atoms with Crippen LogP contribution in [-0.4, -0.2) is 11.1 Å². The first kappa shape index (κ1) is 14.2. The lowest BCUT2D eigenvalue weighted by Gasteiger charge is -2.11. The monoisotopic (exact) mass is 276 g/mol. The molecule has 102 valence electrons. The van der Waals surface area contributed by atoms with E-state index in [1.165, 1.54) is 17.0 Å². The molecule has 0 aliphatic rings. The molecule has 19 heavy (non-hydrogen) atoms. The fourth-order valence-corrected chi connectivity index (χ4v) is 2.56. The molecule has 2 nitrogen and oxygen atoms in total. The lowest BCUT2D eigenvalue weighted by Crippen LogP contribution is -2.12. The van der Waals surface area contributed by atoms with E-state index < -0.39 is 0 Å². The highest BCUT2D eigenvalue weighted by Gasteiger charge is 2.10. The van der Waals surface area contributed by atoms with Crippen LogP contribution in [0, 0.1) is 20.8 Å². The molecule has 1 heterocycles. The number of hydrogen-bond acceptors (Lipinski definition) is 1. The van der Waals surface area contributed by atoms with Gasteiger partial charge in [-0.3, -0.25) is 0 Å². The third-order valence-electron chi connectivity index (χ3n) is 3.52. The maximum Gasteiger partial charge on any atom is 0.0470 e. The highest BCUT2D eigenvalue weighted by Crippen LogP contribution is 2.24. The first-order valence-corrected chi connectivity index (χ1v) is 7.07. The average molecular weight is 277 g/mol. The van der Waals surface area contributed by atoms with Crippen LogP contribution in [0.5, 0.6) is 0 Å². The average Bonchev–Trinajstić information content (AvgIpc) is 2.65. The number of halogens is 1. The van der Waals surface area contributed by atoms with Crippen molar-refractivity contribution < 1.29 is 0 Å². The van der Waals surface area contributed by atoms with Gasteiger partial charge in [-0.2, -0.15) is 0 Å². The van der Waals surface area contributed by atoms with E-state index in [-0.39, 0.29) is 0 Å². The molecule has 0 bridgehead atoms. The summed E-state index contributed by atoms with van der Waals surface area (Å²) in [5.41, 5.74) is 6.11. The zero-order valence-electron chi connectivity index (χ0n) is 12.0. The number of aromatic nitrogens is 1. The lowest BCUT2D eigenvalue weighted by molar-refractivity contribution is 0.722. The molecule has 0 spiro atoms. The Labute approximate surface area is 120 Å². The van der Waals surface area contributed by atoms with E-state index >= 15 is 0 Å². The molecule has 0 fully saturated rings. The highest BCUT2D eigenvalue weighted by atomic mass is 35.5. The fourth-order valence-electron chi connectivity index (χ4n) is 2.39. The third kappa shape index (κ3) is 2.85. The molecule has 2 rings (SSSR count). The predicted molar refractivity (Wildman–Crippen MR) is 82.4 cm³/mol. The van der Waals surface area contributed by atoms with Crippen LogP contribution in [0.25, 0.3) is 5.69 Å². The topological polar surface area (TPSA) is 17.0 Å². The number of hydrogen-bond donors (Lipinski definition) is 1. The van der Waals surface area contributed by atoms with Crippen molar-refractivity contribution in [3.8, 4) is 5.69 Å². The van der Waals surface area contributed by atoms with Gasteiger partial charge in [0.1, 0.15) is 0 Å². The molecule has 0 aliphatic heterocycles. The zero-order valence-corrected chi connectivity index (χ0v) is 12.8. The molecule has 0 aliphatic carbocycles. The van der Waals surface area contributed by atoms with Gasteiger partial charge >= 0.3 is 0 Å². The summed E-state index contributed by atoms with van der Waals surface area (Å²) in [6, 6.07) is 8.47. The maximum atomic E-state index is 6.23. The van der Waals surface area contributed by atoms with E-state index in [1.54, 1.807) is 0 Å². The van der Waals surface area contributed by atoms with Crippen molar-refractivity contribution in [3.05, 3.63) is 51.8 Å². The number of nitrogens with zero attached hydrogens (tertiary/aromatic N) is 1. The summed E-state index contributed by atoms with van der Waals surface area (Å²) < 4.78 is 2.26. The van der Waals surface area contributed by atoms with Gasteiger partial charge in [-0.05, 0) is 56.6 Å². The largest absolute Gasteiger partial charge is 0.318 e. The predicted octanol–water partition coefficient (Wildman–Crippen LogP) is 4.17. The Balaban J connectivity index is 2.44. The van der Waals surface area contributed by atoms with Crippen LogP contribution < -0.4 is 5.32 Å². The minimum Gasteiger partial charge on any atom is -0.318 e. The SMILES string of the molecule is CCNCc1cc(C)n(-c2ccc(C)c(Cl)c2)c1C. The Kier molecular flexibility index (Phi) is 4.33. The second kappa shape index (κ2) is 5.81. The highest BCUT2D eigenvalue weighted by molar-refractivity contribution is 6.31. The van der Waals surface area contributed by atoms with E-state index in [0.717, 1.165) is 29.4 Å². The quantitative estimate of drug-likeness (QED) is 0.887. The second-order valence-electron chi connectivity index (χ2n) is 4.95. The van der Waals surface area contributed by atoms with E-state index in [4.69, 9.17) is 11.6 Å². The van der Waals surface area contributed by atoms with Gasteiger partial charge < -0.3 is 9.88 Å². The van der Waals surface area contributed by atoms with Crippen molar-refractivity contribution in [1.82, 2.24) is 9.88 Å². The van der Waals surface area contributed by atoms with Crippen molar-refractivity contribution in [1.29, 1.82) is 0 Å². The molecule has 0 saturated carbocycles. The molecular formula is C16H21ClN2. The van der Waals surface area contributed by atoms with Gasteiger partial charge in [-0.15, -0.1) is 0 Å². The van der Waals surface area contributed by atoms with Crippen molar-refractivity contribution in [2.75, 3.05) is 6.54 Å². The fraction of sp³-hybridized carbons (Fsp3) is 0.375. The summed E-state index contributed by atoms with van der Waals surface area (Å²) in [6.07, 6.45) is 0. The van der Waals surface area contributed by atoms with Gasteiger partial charge in [0.25, 0.3) is 0 Å². The van der Waals surface area contributed by atoms with E-state index in [2.05, 4.69) is 48.9 Å². The van der Waals surface area contributed by atoms with Gasteiger partial charge in [0.05, 0.1) is 0 Å². The molecule has 0 radical (unpaired) electrons. The summed E-state index contributed by atoms with van der Waals surface area (Å²) in [7, 11) is 0. The van der Waals surface area contributed by atoms with Crippen molar-refractivity contribution in [3.63, 3.8) is 0 Å². The standard InChI is InChI=1S/C16H21ClN2/c1-5-18-10-14-8-12(3)19(13(14)4)15-7-6-11(2)16(17)9-15/h6-9,18H,5,10H2,1-4H3. The molecule has 3 heteroatoms. The maximum absolute atomic E-state index is 6.23. The number of aryl methyl sites for hydroxylation is 2. The summed E-state index contributed by atoms with van der Waals surface area (Å²) in [6.45, 7) is 10.3. The van der Waals surface area contributed by atoms with Gasteiger partial charge in [-0.1, -0.05) is 24.6 Å². The Hall–Kier alpha value is -1.25. The third-order valence-corrected chi connectivity index (χ3v) is 3.92. The molecule has 1 aromatic carbocycles. The van der Waals surface area contributed by atoms with Gasteiger partial charge in [0, 0.05) is 28.6 Å². The minimum atomic E-state index is 0.818. The Morgan fingerprint density at radius 3 is 2.53 bits per heavy atom. The number of rotatable bonds is 4. The molecule has 1 aromatic heterocycles. The van der Waals surface area contributed by atoms with Gasteiger partial charge in [-0.25, -0.2) is 0 Å². The van der Waals surface area contributed by atoms with E-state index in [9.17, 15) is 0 Å². The van der Waals surface area contributed by atoms with Gasteiger partial charge in [0.2, 0.25) is 0 Å². The van der Waals surface area contributed by atoms with Crippen LogP contribution in [0.2, 0.25) is 5.02 Å². The summed E-state index contributed by atoms with van der Waals surface area (Å²) in [5, 5.41) is 4.20. The summed E-state index contributed by atoms with van der Waals surface area (Å²) in [5.74, 6) is 0. The molecule has 0 saturated heterocycles. The van der Waals surface area contributed by atoms with Gasteiger partial charge in [0.15, 0.2) is 0 Å². The summed E-state index contributed by atoms with van der Waals surface area (Å²) in [4.78, 5) is 0. The van der Waals surface area contributed by atoms with Crippen LogP contribution in [0.4, 0.5) is 0 Å². The number of nitrogens with one attached hydrogen (secondary N) is 1. The van der Waals surface area contributed by atoms with Crippen LogP contribution in [0.15, 0.2) is 24.3 Å². The van der Waals surface area contributed by atoms with Crippen molar-refractivity contribution in [2.24, 2.45) is 0 Å². The first-order chi connectivity index (χ1) is 9.04. The van der Waals surface area contributed by atoms with Crippen molar-refractivity contribution >= 4 is 11.6 Å². The van der Waals surface area contributed by atoms with E-state index in [0.29, 0.717) is 0 Å². The minimum absolute atomic E-state index is 0.818. The molecule has 0 atom stereocenters. The van der Waals surface area contributed by atoms with Crippen LogP contribution in [0.1, 0.15) is 29.4 Å². The molecule has 0 unspecified atom stereocenters. The molecule has 1 N–H and O–H groups in total. The summed E-state index contributed by atoms with van der Waals surface area (Å²) >= 11 is 6.23. The van der Waals surface area contributed by atoms with Crippen LogP contribution in [0.3, 0.4) is 0 Å². The normalized spacial score (nSPS) is 11.0. The molecule has 0 amide bonds. The van der Waals surface area contributed by atoms with Crippen molar-refractivity contribution in [2.45, 2.75) is 34.2 Å². The Bertz CT molecular complexity index is 585. The van der Waals surface area contributed by atoms with Crippen LogP contribution in [-0.2, 0) is 6.54 Å². The Morgan fingerprint density at radius 2 is 1.89 bits per heavy atom.